The second kappa shape index (κ2) is 6.95. The van der Waals surface area contributed by atoms with Gasteiger partial charge >= 0.3 is 6.18 Å². The fourth-order valence-corrected chi connectivity index (χ4v) is 3.45. The molecule has 1 saturated heterocycles. The second-order valence-corrected chi connectivity index (χ2v) is 6.49. The summed E-state index contributed by atoms with van der Waals surface area (Å²) in [5.74, 6) is 0.736. The molecule has 5 heteroatoms. The number of piperazine rings is 1. The lowest BCUT2D eigenvalue weighted by Crippen LogP contribution is -2.47. The van der Waals surface area contributed by atoms with E-state index in [1.54, 1.807) is 6.07 Å². The van der Waals surface area contributed by atoms with Crippen molar-refractivity contribution in [2.75, 3.05) is 37.6 Å². The summed E-state index contributed by atoms with van der Waals surface area (Å²) < 4.78 is 38.5. The number of allylic oxidation sites excluding steroid dienone is 2. The second-order valence-electron chi connectivity index (χ2n) is 6.49. The van der Waals surface area contributed by atoms with E-state index in [0.717, 1.165) is 51.1 Å². The third-order valence-corrected chi connectivity index (χ3v) is 4.80. The number of nitrogens with zero attached hydrogens (tertiary/aromatic N) is 2. The van der Waals surface area contributed by atoms with Crippen molar-refractivity contribution in [3.63, 3.8) is 0 Å². The van der Waals surface area contributed by atoms with Crippen LogP contribution in [0.2, 0.25) is 0 Å². The number of hydrogen-bond acceptors (Lipinski definition) is 2. The highest BCUT2D eigenvalue weighted by Gasteiger charge is 2.31. The molecule has 23 heavy (non-hydrogen) atoms. The maximum Gasteiger partial charge on any atom is 0.416 e. The third-order valence-electron chi connectivity index (χ3n) is 4.80. The molecule has 1 atom stereocenters. The Morgan fingerprint density at radius 1 is 1.04 bits per heavy atom. The number of rotatable bonds is 3. The minimum absolute atomic E-state index is 0.563. The van der Waals surface area contributed by atoms with Crippen LogP contribution < -0.4 is 4.90 Å². The van der Waals surface area contributed by atoms with Gasteiger partial charge in [-0.3, -0.25) is 4.90 Å². The summed E-state index contributed by atoms with van der Waals surface area (Å²) in [5, 5.41) is 0. The molecule has 3 rings (SSSR count). The van der Waals surface area contributed by atoms with Crippen LogP contribution in [0.25, 0.3) is 0 Å². The SMILES string of the molecule is FC(F)(F)c1cccc(N2CCN(C[C@H]3CC=CCC3)CC2)c1. The minimum atomic E-state index is -4.27. The summed E-state index contributed by atoms with van der Waals surface area (Å²) in [7, 11) is 0. The zero-order valence-electron chi connectivity index (χ0n) is 13.2. The number of hydrogen-bond donors (Lipinski definition) is 0. The van der Waals surface area contributed by atoms with Gasteiger partial charge in [-0.05, 0) is 43.4 Å². The van der Waals surface area contributed by atoms with Gasteiger partial charge in [0.25, 0.3) is 0 Å². The largest absolute Gasteiger partial charge is 0.416 e. The van der Waals surface area contributed by atoms with E-state index in [2.05, 4.69) is 22.0 Å². The highest BCUT2D eigenvalue weighted by Crippen LogP contribution is 2.32. The van der Waals surface area contributed by atoms with Crippen LogP contribution in [0.15, 0.2) is 36.4 Å². The summed E-state index contributed by atoms with van der Waals surface area (Å²) in [6.45, 7) is 4.56. The quantitative estimate of drug-likeness (QED) is 0.770. The van der Waals surface area contributed by atoms with E-state index in [-0.39, 0.29) is 0 Å². The standard InChI is InChI=1S/C18H23F3N2/c19-18(20,21)16-7-4-8-17(13-16)23-11-9-22(10-12-23)14-15-5-2-1-3-6-15/h1-2,4,7-8,13,15H,3,5-6,9-12,14H2/t15-/m0/s1. The molecule has 1 aromatic carbocycles. The topological polar surface area (TPSA) is 6.48 Å². The van der Waals surface area contributed by atoms with Crippen molar-refractivity contribution in [1.29, 1.82) is 0 Å². The van der Waals surface area contributed by atoms with Crippen LogP contribution in [-0.2, 0) is 6.18 Å². The van der Waals surface area contributed by atoms with Gasteiger partial charge in [0.15, 0.2) is 0 Å². The Hall–Kier alpha value is -1.49. The van der Waals surface area contributed by atoms with E-state index < -0.39 is 11.7 Å². The molecule has 0 amide bonds. The van der Waals surface area contributed by atoms with Crippen molar-refractivity contribution in [3.05, 3.63) is 42.0 Å². The Bertz CT molecular complexity index is 545. The van der Waals surface area contributed by atoms with Crippen LogP contribution in [0.1, 0.15) is 24.8 Å². The minimum Gasteiger partial charge on any atom is -0.369 e. The number of benzene rings is 1. The molecule has 126 valence electrons. The van der Waals surface area contributed by atoms with Gasteiger partial charge in [-0.25, -0.2) is 0 Å². The molecule has 0 aromatic heterocycles. The first kappa shape index (κ1) is 16.4. The number of anilines is 1. The van der Waals surface area contributed by atoms with Crippen molar-refractivity contribution >= 4 is 5.69 Å². The van der Waals surface area contributed by atoms with Crippen LogP contribution in [0.4, 0.5) is 18.9 Å². The van der Waals surface area contributed by atoms with Gasteiger partial charge < -0.3 is 4.90 Å². The molecule has 0 bridgehead atoms. The highest BCUT2D eigenvalue weighted by atomic mass is 19.4. The predicted octanol–water partition coefficient (Wildman–Crippen LogP) is 4.18. The molecule has 2 nitrogen and oxygen atoms in total. The van der Waals surface area contributed by atoms with Crippen LogP contribution in [0.3, 0.4) is 0 Å². The molecule has 0 unspecified atom stereocenters. The van der Waals surface area contributed by atoms with E-state index in [1.807, 2.05) is 0 Å². The van der Waals surface area contributed by atoms with Gasteiger partial charge in [0.1, 0.15) is 0 Å². The lowest BCUT2D eigenvalue weighted by atomic mass is 9.94. The summed E-state index contributed by atoms with van der Waals surface area (Å²) in [6, 6.07) is 5.67. The Kier molecular flexibility index (Phi) is 4.95. The fraction of sp³-hybridized carbons (Fsp3) is 0.556. The lowest BCUT2D eigenvalue weighted by Gasteiger charge is -2.38. The predicted molar refractivity (Wildman–Crippen MR) is 86.6 cm³/mol. The van der Waals surface area contributed by atoms with Gasteiger partial charge in [0.05, 0.1) is 5.56 Å². The molecule has 1 aliphatic heterocycles. The molecule has 0 radical (unpaired) electrons. The van der Waals surface area contributed by atoms with Crippen LogP contribution in [0, 0.1) is 5.92 Å². The number of alkyl halides is 3. The first-order chi connectivity index (χ1) is 11.0. The van der Waals surface area contributed by atoms with E-state index in [0.29, 0.717) is 5.69 Å². The molecular formula is C18H23F3N2. The molecule has 0 spiro atoms. The summed E-state index contributed by atoms with van der Waals surface area (Å²) in [6.07, 6.45) is 3.84. The van der Waals surface area contributed by atoms with Crippen LogP contribution in [0.5, 0.6) is 0 Å². The summed E-state index contributed by atoms with van der Waals surface area (Å²) in [5.41, 5.74) is 0.117. The van der Waals surface area contributed by atoms with Gasteiger partial charge in [0.2, 0.25) is 0 Å². The average Bonchev–Trinajstić information content (AvgIpc) is 2.56. The highest BCUT2D eigenvalue weighted by molar-refractivity contribution is 5.49. The normalized spacial score (nSPS) is 23.3. The maximum atomic E-state index is 12.8. The van der Waals surface area contributed by atoms with Crippen LogP contribution >= 0.6 is 0 Å². The Balaban J connectivity index is 1.55. The smallest absolute Gasteiger partial charge is 0.369 e. The Labute approximate surface area is 135 Å². The fourth-order valence-electron chi connectivity index (χ4n) is 3.45. The van der Waals surface area contributed by atoms with E-state index in [9.17, 15) is 13.2 Å². The average molecular weight is 324 g/mol. The molecule has 2 aliphatic rings. The van der Waals surface area contributed by atoms with Crippen LogP contribution in [-0.4, -0.2) is 37.6 Å². The van der Waals surface area contributed by atoms with E-state index in [4.69, 9.17) is 0 Å². The molecule has 0 N–H and O–H groups in total. The summed E-state index contributed by atoms with van der Waals surface area (Å²) in [4.78, 5) is 4.51. The van der Waals surface area contributed by atoms with Gasteiger partial charge in [-0.2, -0.15) is 13.2 Å². The zero-order chi connectivity index (χ0) is 16.3. The van der Waals surface area contributed by atoms with Gasteiger partial charge in [-0.1, -0.05) is 18.2 Å². The Morgan fingerprint density at radius 2 is 1.83 bits per heavy atom. The molecule has 1 aromatic rings. The molecule has 1 fully saturated rings. The van der Waals surface area contributed by atoms with Crippen molar-refractivity contribution in [3.8, 4) is 0 Å². The van der Waals surface area contributed by atoms with Crippen molar-refractivity contribution in [1.82, 2.24) is 4.90 Å². The molecule has 1 aliphatic carbocycles. The zero-order valence-corrected chi connectivity index (χ0v) is 13.2. The van der Waals surface area contributed by atoms with Gasteiger partial charge in [-0.15, -0.1) is 0 Å². The van der Waals surface area contributed by atoms with Crippen molar-refractivity contribution in [2.45, 2.75) is 25.4 Å². The first-order valence-electron chi connectivity index (χ1n) is 8.32. The van der Waals surface area contributed by atoms with Gasteiger partial charge in [0, 0.05) is 38.4 Å². The maximum absolute atomic E-state index is 12.8. The Morgan fingerprint density at radius 3 is 2.48 bits per heavy atom. The van der Waals surface area contributed by atoms with E-state index >= 15 is 0 Å². The molecule has 0 saturated carbocycles. The molecule has 1 heterocycles. The van der Waals surface area contributed by atoms with Crippen molar-refractivity contribution < 1.29 is 13.2 Å². The molecular weight excluding hydrogens is 301 g/mol. The van der Waals surface area contributed by atoms with Crippen molar-refractivity contribution in [2.24, 2.45) is 5.92 Å². The number of halogens is 3. The lowest BCUT2D eigenvalue weighted by molar-refractivity contribution is -0.137. The van der Waals surface area contributed by atoms with E-state index in [1.165, 1.54) is 25.0 Å². The third kappa shape index (κ3) is 4.28. The summed E-state index contributed by atoms with van der Waals surface area (Å²) >= 11 is 0. The monoisotopic (exact) mass is 324 g/mol. The first-order valence-corrected chi connectivity index (χ1v) is 8.32.